The van der Waals surface area contributed by atoms with Crippen LogP contribution in [0.25, 0.3) is 0 Å². The molecule has 15 heavy (non-hydrogen) atoms. The lowest BCUT2D eigenvalue weighted by atomic mass is 10.3. The third-order valence-electron chi connectivity index (χ3n) is 2.22. The van der Waals surface area contributed by atoms with E-state index in [0.717, 1.165) is 17.3 Å². The third kappa shape index (κ3) is 2.75. The molecule has 0 saturated carbocycles. The number of anilines is 3. The highest BCUT2D eigenvalue weighted by molar-refractivity contribution is 5.61. The quantitative estimate of drug-likeness (QED) is 0.746. The van der Waals surface area contributed by atoms with Gasteiger partial charge in [0.25, 0.3) is 0 Å². The maximum absolute atomic E-state index is 4.54. The van der Waals surface area contributed by atoms with Crippen LogP contribution in [-0.2, 0) is 0 Å². The standard InChI is InChI=1S/C11H20N4/c1-13(2)9-7-10(14(3)4)12-11(8-9)15(5)6/h7-8H,1-6H3. The molecular formula is C11H20N4. The van der Waals surface area contributed by atoms with Crippen molar-refractivity contribution >= 4 is 17.3 Å². The molecule has 0 amide bonds. The molecular weight excluding hydrogens is 188 g/mol. The predicted octanol–water partition coefficient (Wildman–Crippen LogP) is 1.28. The van der Waals surface area contributed by atoms with Gasteiger partial charge in [-0.05, 0) is 0 Å². The van der Waals surface area contributed by atoms with Crippen molar-refractivity contribution in [2.75, 3.05) is 57.0 Å². The molecule has 4 nitrogen and oxygen atoms in total. The number of rotatable bonds is 3. The van der Waals surface area contributed by atoms with Crippen LogP contribution in [0.2, 0.25) is 0 Å². The van der Waals surface area contributed by atoms with Crippen LogP contribution in [0.5, 0.6) is 0 Å². The number of aromatic nitrogens is 1. The Labute approximate surface area is 92.1 Å². The van der Waals surface area contributed by atoms with Crippen molar-refractivity contribution in [3.8, 4) is 0 Å². The van der Waals surface area contributed by atoms with Crippen molar-refractivity contribution < 1.29 is 0 Å². The Morgan fingerprint density at radius 3 is 1.40 bits per heavy atom. The molecule has 0 N–H and O–H groups in total. The van der Waals surface area contributed by atoms with Gasteiger partial charge in [0.1, 0.15) is 11.6 Å². The summed E-state index contributed by atoms with van der Waals surface area (Å²) in [4.78, 5) is 10.7. The molecule has 0 atom stereocenters. The van der Waals surface area contributed by atoms with Gasteiger partial charge in [-0.25, -0.2) is 4.98 Å². The lowest BCUT2D eigenvalue weighted by Gasteiger charge is -2.21. The van der Waals surface area contributed by atoms with Gasteiger partial charge in [0.15, 0.2) is 0 Å². The lowest BCUT2D eigenvalue weighted by molar-refractivity contribution is 1.01. The summed E-state index contributed by atoms with van der Waals surface area (Å²) in [5.41, 5.74) is 1.16. The lowest BCUT2D eigenvalue weighted by Crippen LogP contribution is -2.18. The van der Waals surface area contributed by atoms with Gasteiger partial charge in [-0.1, -0.05) is 0 Å². The van der Waals surface area contributed by atoms with E-state index in [4.69, 9.17) is 0 Å². The molecule has 0 spiro atoms. The van der Waals surface area contributed by atoms with Crippen LogP contribution in [0.4, 0.5) is 17.3 Å². The van der Waals surface area contributed by atoms with Crippen LogP contribution in [0.15, 0.2) is 12.1 Å². The molecule has 4 heteroatoms. The second-order valence-corrected chi connectivity index (χ2v) is 4.23. The molecule has 0 aromatic carbocycles. The molecule has 0 unspecified atom stereocenters. The van der Waals surface area contributed by atoms with Crippen LogP contribution in [0.1, 0.15) is 0 Å². The van der Waals surface area contributed by atoms with Gasteiger partial charge in [0, 0.05) is 60.1 Å². The Bertz CT molecular complexity index is 267. The van der Waals surface area contributed by atoms with Crippen LogP contribution in [-0.4, -0.2) is 47.3 Å². The van der Waals surface area contributed by atoms with Crippen molar-refractivity contribution in [2.24, 2.45) is 0 Å². The first kappa shape index (κ1) is 11.6. The van der Waals surface area contributed by atoms with E-state index in [9.17, 15) is 0 Å². The van der Waals surface area contributed by atoms with Gasteiger partial charge in [-0.2, -0.15) is 0 Å². The zero-order valence-corrected chi connectivity index (χ0v) is 10.4. The van der Waals surface area contributed by atoms with Crippen molar-refractivity contribution in [1.29, 1.82) is 0 Å². The predicted molar refractivity (Wildman–Crippen MR) is 67.2 cm³/mol. The minimum absolute atomic E-state index is 0.977. The Balaban J connectivity index is 3.20. The minimum atomic E-state index is 0.977. The van der Waals surface area contributed by atoms with Crippen LogP contribution >= 0.6 is 0 Å². The van der Waals surface area contributed by atoms with Crippen LogP contribution < -0.4 is 14.7 Å². The van der Waals surface area contributed by atoms with Gasteiger partial charge < -0.3 is 14.7 Å². The Morgan fingerprint density at radius 1 is 0.733 bits per heavy atom. The summed E-state index contributed by atoms with van der Waals surface area (Å²) >= 11 is 0. The molecule has 0 aliphatic heterocycles. The molecule has 0 bridgehead atoms. The summed E-state index contributed by atoms with van der Waals surface area (Å²) in [5.74, 6) is 1.95. The molecule has 0 fully saturated rings. The SMILES string of the molecule is CN(C)c1cc(N(C)C)nc(N(C)C)c1. The highest BCUT2D eigenvalue weighted by Crippen LogP contribution is 2.23. The first-order valence-electron chi connectivity index (χ1n) is 4.96. The smallest absolute Gasteiger partial charge is 0.132 e. The summed E-state index contributed by atoms with van der Waals surface area (Å²) < 4.78 is 0. The Morgan fingerprint density at radius 2 is 1.13 bits per heavy atom. The van der Waals surface area contributed by atoms with E-state index in [1.165, 1.54) is 0 Å². The second kappa shape index (κ2) is 4.38. The summed E-state index contributed by atoms with van der Waals surface area (Å²) in [6.07, 6.45) is 0. The molecule has 84 valence electrons. The van der Waals surface area contributed by atoms with E-state index in [0.29, 0.717) is 0 Å². The van der Waals surface area contributed by atoms with Gasteiger partial charge in [0.2, 0.25) is 0 Å². The summed E-state index contributed by atoms with van der Waals surface area (Å²) in [5, 5.41) is 0. The first-order chi connectivity index (χ1) is 6.91. The number of nitrogens with zero attached hydrogens (tertiary/aromatic N) is 4. The highest BCUT2D eigenvalue weighted by Gasteiger charge is 2.06. The molecule has 0 aliphatic carbocycles. The maximum atomic E-state index is 4.54. The van der Waals surface area contributed by atoms with E-state index >= 15 is 0 Å². The number of pyridine rings is 1. The molecule has 1 rings (SSSR count). The summed E-state index contributed by atoms with van der Waals surface area (Å²) in [6, 6.07) is 4.15. The van der Waals surface area contributed by atoms with E-state index in [2.05, 4.69) is 22.0 Å². The number of hydrogen-bond donors (Lipinski definition) is 0. The van der Waals surface area contributed by atoms with Gasteiger partial charge in [0.05, 0.1) is 0 Å². The Kier molecular flexibility index (Phi) is 3.39. The zero-order valence-electron chi connectivity index (χ0n) is 10.4. The van der Waals surface area contributed by atoms with Gasteiger partial charge in [-0.15, -0.1) is 0 Å². The van der Waals surface area contributed by atoms with Crippen molar-refractivity contribution in [3.05, 3.63) is 12.1 Å². The Hall–Kier alpha value is -1.45. The van der Waals surface area contributed by atoms with E-state index < -0.39 is 0 Å². The zero-order chi connectivity index (χ0) is 11.6. The fourth-order valence-corrected chi connectivity index (χ4v) is 1.20. The molecule has 0 saturated heterocycles. The second-order valence-electron chi connectivity index (χ2n) is 4.23. The van der Waals surface area contributed by atoms with Crippen LogP contribution in [0, 0.1) is 0 Å². The molecule has 1 aromatic rings. The van der Waals surface area contributed by atoms with Crippen LogP contribution in [0.3, 0.4) is 0 Å². The average Bonchev–Trinajstić information content (AvgIpc) is 2.16. The van der Waals surface area contributed by atoms with E-state index in [1.807, 2.05) is 52.1 Å². The minimum Gasteiger partial charge on any atom is -0.377 e. The van der Waals surface area contributed by atoms with Gasteiger partial charge in [-0.3, -0.25) is 0 Å². The van der Waals surface area contributed by atoms with Gasteiger partial charge >= 0.3 is 0 Å². The molecule has 0 aliphatic rings. The highest BCUT2D eigenvalue weighted by atomic mass is 15.2. The number of hydrogen-bond acceptors (Lipinski definition) is 4. The summed E-state index contributed by atoms with van der Waals surface area (Å²) in [7, 11) is 12.1. The first-order valence-corrected chi connectivity index (χ1v) is 4.96. The summed E-state index contributed by atoms with van der Waals surface area (Å²) in [6.45, 7) is 0. The fraction of sp³-hybridized carbons (Fsp3) is 0.545. The molecule has 0 radical (unpaired) electrons. The van der Waals surface area contributed by atoms with Crippen molar-refractivity contribution in [1.82, 2.24) is 4.98 Å². The third-order valence-corrected chi connectivity index (χ3v) is 2.22. The maximum Gasteiger partial charge on any atom is 0.132 e. The van der Waals surface area contributed by atoms with Crippen molar-refractivity contribution in [3.63, 3.8) is 0 Å². The monoisotopic (exact) mass is 208 g/mol. The van der Waals surface area contributed by atoms with E-state index in [1.54, 1.807) is 0 Å². The largest absolute Gasteiger partial charge is 0.377 e. The molecule has 1 aromatic heterocycles. The average molecular weight is 208 g/mol. The topological polar surface area (TPSA) is 22.6 Å². The van der Waals surface area contributed by atoms with E-state index in [-0.39, 0.29) is 0 Å². The fourth-order valence-electron chi connectivity index (χ4n) is 1.20. The van der Waals surface area contributed by atoms with Crippen molar-refractivity contribution in [2.45, 2.75) is 0 Å². The molecule has 1 heterocycles. The normalized spacial score (nSPS) is 10.0.